The molecule has 0 radical (unpaired) electrons. The summed E-state index contributed by atoms with van der Waals surface area (Å²) >= 11 is 1.48. The molecule has 0 fully saturated rings. The Balaban J connectivity index is 2.40. The fourth-order valence-electron chi connectivity index (χ4n) is 1.58. The zero-order valence-electron chi connectivity index (χ0n) is 10.6. The molecule has 1 aromatic carbocycles. The highest BCUT2D eigenvalue weighted by Crippen LogP contribution is 2.30. The third kappa shape index (κ3) is 2.29. The van der Waals surface area contributed by atoms with E-state index in [-0.39, 0.29) is 0 Å². The predicted molar refractivity (Wildman–Crippen MR) is 72.9 cm³/mol. The highest BCUT2D eigenvalue weighted by atomic mass is 32.1. The van der Waals surface area contributed by atoms with Crippen LogP contribution in [0.25, 0.3) is 10.6 Å². The summed E-state index contributed by atoms with van der Waals surface area (Å²) in [6, 6.07) is 8.05. The van der Waals surface area contributed by atoms with Gasteiger partial charge in [0.15, 0.2) is 0 Å². The molecular formula is C14H15NO2S. The maximum Gasteiger partial charge on any atom is 0.315 e. The summed E-state index contributed by atoms with van der Waals surface area (Å²) in [7, 11) is 0. The smallest absolute Gasteiger partial charge is 0.315 e. The van der Waals surface area contributed by atoms with E-state index >= 15 is 0 Å². The number of thiazole rings is 1. The van der Waals surface area contributed by atoms with Crippen LogP contribution in [0.1, 0.15) is 25.1 Å². The predicted octanol–water partition coefficient (Wildman–Crippen LogP) is 3.48. The van der Waals surface area contributed by atoms with Crippen LogP contribution in [-0.4, -0.2) is 16.1 Å². The van der Waals surface area contributed by atoms with E-state index in [1.54, 1.807) is 13.8 Å². The van der Waals surface area contributed by atoms with Gasteiger partial charge in [0.2, 0.25) is 0 Å². The van der Waals surface area contributed by atoms with Gasteiger partial charge in [0, 0.05) is 10.9 Å². The average Bonchev–Trinajstić information content (AvgIpc) is 2.78. The molecule has 0 saturated heterocycles. The van der Waals surface area contributed by atoms with Gasteiger partial charge in [0.05, 0.1) is 5.69 Å². The maximum atomic E-state index is 11.2. The van der Waals surface area contributed by atoms with Crippen molar-refractivity contribution < 1.29 is 9.90 Å². The number of hydrogen-bond donors (Lipinski definition) is 1. The minimum atomic E-state index is -0.946. The first kappa shape index (κ1) is 12.8. The van der Waals surface area contributed by atoms with Crippen LogP contribution in [0.4, 0.5) is 0 Å². The number of nitrogens with zero attached hydrogens (tertiary/aromatic N) is 1. The SMILES string of the molecule is Cc1cccc(-c2nc(C(C)(C)C(=O)O)cs2)c1. The second-order valence-corrected chi connectivity index (χ2v) is 5.70. The molecule has 0 atom stereocenters. The van der Waals surface area contributed by atoms with Gasteiger partial charge in [0.1, 0.15) is 10.4 Å². The molecule has 1 aromatic heterocycles. The first-order valence-electron chi connectivity index (χ1n) is 5.67. The largest absolute Gasteiger partial charge is 0.481 e. The van der Waals surface area contributed by atoms with Crippen LogP contribution in [0.2, 0.25) is 0 Å². The van der Waals surface area contributed by atoms with Crippen molar-refractivity contribution in [2.75, 3.05) is 0 Å². The zero-order chi connectivity index (χ0) is 13.3. The van der Waals surface area contributed by atoms with Crippen molar-refractivity contribution in [2.24, 2.45) is 0 Å². The number of rotatable bonds is 3. The van der Waals surface area contributed by atoms with Crippen molar-refractivity contribution in [2.45, 2.75) is 26.2 Å². The van der Waals surface area contributed by atoms with Gasteiger partial charge in [-0.15, -0.1) is 11.3 Å². The topological polar surface area (TPSA) is 50.2 Å². The lowest BCUT2D eigenvalue weighted by molar-refractivity contribution is -0.142. The van der Waals surface area contributed by atoms with Gasteiger partial charge in [-0.05, 0) is 26.8 Å². The van der Waals surface area contributed by atoms with Crippen LogP contribution in [0.5, 0.6) is 0 Å². The van der Waals surface area contributed by atoms with E-state index in [9.17, 15) is 9.90 Å². The van der Waals surface area contributed by atoms with E-state index in [0.717, 1.165) is 10.6 Å². The van der Waals surface area contributed by atoms with E-state index in [4.69, 9.17) is 0 Å². The lowest BCUT2D eigenvalue weighted by Crippen LogP contribution is -2.28. The Hall–Kier alpha value is -1.68. The van der Waals surface area contributed by atoms with E-state index < -0.39 is 11.4 Å². The number of carbonyl (C=O) groups is 1. The highest BCUT2D eigenvalue weighted by molar-refractivity contribution is 7.13. The number of aryl methyl sites for hydroxylation is 1. The Kier molecular flexibility index (Phi) is 3.22. The van der Waals surface area contributed by atoms with Gasteiger partial charge in [-0.2, -0.15) is 0 Å². The van der Waals surface area contributed by atoms with Crippen molar-refractivity contribution >= 4 is 17.3 Å². The van der Waals surface area contributed by atoms with Gasteiger partial charge in [-0.25, -0.2) is 4.98 Å². The Bertz CT molecular complexity index is 587. The van der Waals surface area contributed by atoms with Crippen LogP contribution in [0.3, 0.4) is 0 Å². The van der Waals surface area contributed by atoms with Crippen molar-refractivity contribution in [1.82, 2.24) is 4.98 Å². The summed E-state index contributed by atoms with van der Waals surface area (Å²) in [5.41, 5.74) is 1.86. The van der Waals surface area contributed by atoms with Crippen molar-refractivity contribution in [3.05, 3.63) is 40.9 Å². The fraction of sp³-hybridized carbons (Fsp3) is 0.286. The number of aromatic nitrogens is 1. The number of carboxylic acids is 1. The Morgan fingerprint density at radius 3 is 2.72 bits per heavy atom. The fourth-order valence-corrected chi connectivity index (χ4v) is 2.57. The van der Waals surface area contributed by atoms with Gasteiger partial charge >= 0.3 is 5.97 Å². The summed E-state index contributed by atoms with van der Waals surface area (Å²) in [5.74, 6) is -0.858. The van der Waals surface area contributed by atoms with Crippen LogP contribution in [0.15, 0.2) is 29.6 Å². The van der Waals surface area contributed by atoms with E-state index in [0.29, 0.717) is 5.69 Å². The molecule has 0 bridgehead atoms. The van der Waals surface area contributed by atoms with Crippen LogP contribution in [-0.2, 0) is 10.2 Å². The zero-order valence-corrected chi connectivity index (χ0v) is 11.4. The van der Waals surface area contributed by atoms with E-state index in [1.165, 1.54) is 16.9 Å². The summed E-state index contributed by atoms with van der Waals surface area (Å²) < 4.78 is 0. The molecular weight excluding hydrogens is 246 g/mol. The molecule has 3 nitrogen and oxygen atoms in total. The number of aliphatic carboxylic acids is 1. The molecule has 0 aliphatic rings. The maximum absolute atomic E-state index is 11.2. The van der Waals surface area contributed by atoms with Crippen molar-refractivity contribution in [3.8, 4) is 10.6 Å². The second-order valence-electron chi connectivity index (χ2n) is 4.84. The Morgan fingerprint density at radius 1 is 1.39 bits per heavy atom. The molecule has 2 aromatic rings. The van der Waals surface area contributed by atoms with E-state index in [2.05, 4.69) is 11.1 Å². The standard InChI is InChI=1S/C14H15NO2S/c1-9-5-4-6-10(7-9)12-15-11(8-18-12)14(2,3)13(16)17/h4-8H,1-3H3,(H,16,17). The molecule has 2 rings (SSSR count). The minimum absolute atomic E-state index is 0.608. The molecule has 0 spiro atoms. The molecule has 0 aliphatic carbocycles. The molecule has 18 heavy (non-hydrogen) atoms. The van der Waals surface area contributed by atoms with Crippen LogP contribution >= 0.6 is 11.3 Å². The summed E-state index contributed by atoms with van der Waals surface area (Å²) in [5, 5.41) is 11.9. The molecule has 0 saturated carbocycles. The Labute approximate surface area is 110 Å². The normalized spacial score (nSPS) is 11.5. The minimum Gasteiger partial charge on any atom is -0.481 e. The van der Waals surface area contributed by atoms with Gasteiger partial charge in [-0.1, -0.05) is 23.8 Å². The lowest BCUT2D eigenvalue weighted by atomic mass is 9.90. The number of hydrogen-bond acceptors (Lipinski definition) is 3. The van der Waals surface area contributed by atoms with E-state index in [1.807, 2.05) is 30.5 Å². The average molecular weight is 261 g/mol. The van der Waals surface area contributed by atoms with Gasteiger partial charge in [0.25, 0.3) is 0 Å². The summed E-state index contributed by atoms with van der Waals surface area (Å²) in [4.78, 5) is 15.6. The quantitative estimate of drug-likeness (QED) is 0.920. The van der Waals surface area contributed by atoms with Crippen molar-refractivity contribution in [3.63, 3.8) is 0 Å². The Morgan fingerprint density at radius 2 is 2.11 bits per heavy atom. The molecule has 1 heterocycles. The first-order chi connectivity index (χ1) is 8.41. The third-order valence-electron chi connectivity index (χ3n) is 2.94. The second kappa shape index (κ2) is 4.53. The first-order valence-corrected chi connectivity index (χ1v) is 6.55. The van der Waals surface area contributed by atoms with Gasteiger partial charge < -0.3 is 5.11 Å². The summed E-state index contributed by atoms with van der Waals surface area (Å²) in [6.45, 7) is 5.37. The van der Waals surface area contributed by atoms with Crippen molar-refractivity contribution in [1.29, 1.82) is 0 Å². The third-order valence-corrected chi connectivity index (χ3v) is 3.84. The molecule has 0 aliphatic heterocycles. The molecule has 0 unspecified atom stereocenters. The number of benzene rings is 1. The molecule has 0 amide bonds. The molecule has 1 N–H and O–H groups in total. The summed E-state index contributed by atoms with van der Waals surface area (Å²) in [6.07, 6.45) is 0. The van der Waals surface area contributed by atoms with Crippen LogP contribution < -0.4 is 0 Å². The number of carboxylic acid groups (broad SMARTS) is 1. The van der Waals surface area contributed by atoms with Crippen LogP contribution in [0, 0.1) is 6.92 Å². The monoisotopic (exact) mass is 261 g/mol. The van der Waals surface area contributed by atoms with Gasteiger partial charge in [-0.3, -0.25) is 4.79 Å². The lowest BCUT2D eigenvalue weighted by Gasteiger charge is -2.15. The molecule has 94 valence electrons. The highest BCUT2D eigenvalue weighted by Gasteiger charge is 2.32. The molecule has 4 heteroatoms.